The maximum absolute atomic E-state index is 13.1. The number of hydrogen-bond donors (Lipinski definition) is 1. The van der Waals surface area contributed by atoms with Gasteiger partial charge in [-0.3, -0.25) is 0 Å². The predicted molar refractivity (Wildman–Crippen MR) is 73.0 cm³/mol. The van der Waals surface area contributed by atoms with Crippen LogP contribution in [-0.4, -0.2) is 6.04 Å². The number of anilines is 1. The summed E-state index contributed by atoms with van der Waals surface area (Å²) in [6, 6.07) is 5.32. The Morgan fingerprint density at radius 3 is 2.71 bits per heavy atom. The van der Waals surface area contributed by atoms with Crippen molar-refractivity contribution in [3.05, 3.63) is 29.6 Å². The lowest BCUT2D eigenvalue weighted by Gasteiger charge is -2.17. The van der Waals surface area contributed by atoms with Gasteiger partial charge in [-0.2, -0.15) is 0 Å². The Labute approximate surface area is 104 Å². The molecule has 0 aliphatic carbocycles. The van der Waals surface area contributed by atoms with Crippen molar-refractivity contribution >= 4 is 5.69 Å². The molecule has 1 atom stereocenters. The van der Waals surface area contributed by atoms with Gasteiger partial charge in [0.15, 0.2) is 0 Å². The molecular weight excluding hydrogens is 213 g/mol. The molecule has 17 heavy (non-hydrogen) atoms. The van der Waals surface area contributed by atoms with E-state index in [1.165, 1.54) is 31.7 Å². The Bertz CT molecular complexity index is 336. The molecule has 0 aliphatic rings. The van der Waals surface area contributed by atoms with Crippen LogP contribution in [0, 0.1) is 12.7 Å². The average Bonchev–Trinajstić information content (AvgIpc) is 2.29. The van der Waals surface area contributed by atoms with Gasteiger partial charge in [0.05, 0.1) is 0 Å². The number of rotatable bonds is 7. The summed E-state index contributed by atoms with van der Waals surface area (Å²) >= 11 is 0. The van der Waals surface area contributed by atoms with E-state index in [1.54, 1.807) is 6.07 Å². The highest BCUT2D eigenvalue weighted by atomic mass is 19.1. The van der Waals surface area contributed by atoms with Crippen molar-refractivity contribution in [1.82, 2.24) is 0 Å². The molecular formula is C15H24FN. The zero-order chi connectivity index (χ0) is 12.7. The van der Waals surface area contributed by atoms with E-state index in [-0.39, 0.29) is 5.82 Å². The van der Waals surface area contributed by atoms with Gasteiger partial charge in [0, 0.05) is 11.7 Å². The quantitative estimate of drug-likeness (QED) is 0.665. The van der Waals surface area contributed by atoms with E-state index in [9.17, 15) is 4.39 Å². The van der Waals surface area contributed by atoms with Crippen LogP contribution in [0.15, 0.2) is 18.2 Å². The lowest BCUT2D eigenvalue weighted by Crippen LogP contribution is -2.15. The minimum Gasteiger partial charge on any atom is -0.382 e. The third kappa shape index (κ3) is 5.20. The molecule has 0 heterocycles. The van der Waals surface area contributed by atoms with Crippen LogP contribution in [0.3, 0.4) is 0 Å². The summed E-state index contributed by atoms with van der Waals surface area (Å²) in [6.45, 7) is 6.39. The minimum atomic E-state index is -0.170. The van der Waals surface area contributed by atoms with Gasteiger partial charge >= 0.3 is 0 Å². The van der Waals surface area contributed by atoms with E-state index in [1.807, 2.05) is 13.0 Å². The second-order valence-corrected chi connectivity index (χ2v) is 4.85. The van der Waals surface area contributed by atoms with Crippen LogP contribution < -0.4 is 5.32 Å². The monoisotopic (exact) mass is 237 g/mol. The Hall–Kier alpha value is -1.05. The van der Waals surface area contributed by atoms with Gasteiger partial charge in [-0.25, -0.2) is 4.39 Å². The summed E-state index contributed by atoms with van der Waals surface area (Å²) in [4.78, 5) is 0. The SMILES string of the molecule is CCCCCCC(C)Nc1cc(F)ccc1C. The molecule has 0 bridgehead atoms. The van der Waals surface area contributed by atoms with Crippen molar-refractivity contribution in [2.45, 2.75) is 58.9 Å². The van der Waals surface area contributed by atoms with Crippen LogP contribution in [0.1, 0.15) is 51.5 Å². The zero-order valence-corrected chi connectivity index (χ0v) is 11.2. The summed E-state index contributed by atoms with van der Waals surface area (Å²) in [5.74, 6) is -0.170. The molecule has 2 heteroatoms. The molecule has 0 amide bonds. The third-order valence-corrected chi connectivity index (χ3v) is 3.09. The number of hydrogen-bond acceptors (Lipinski definition) is 1. The van der Waals surface area contributed by atoms with E-state index in [0.717, 1.165) is 17.7 Å². The van der Waals surface area contributed by atoms with E-state index in [4.69, 9.17) is 0 Å². The molecule has 0 aliphatic heterocycles. The maximum atomic E-state index is 13.1. The lowest BCUT2D eigenvalue weighted by molar-refractivity contribution is 0.592. The topological polar surface area (TPSA) is 12.0 Å². The van der Waals surface area contributed by atoms with Crippen LogP contribution in [0.5, 0.6) is 0 Å². The molecule has 0 saturated heterocycles. The van der Waals surface area contributed by atoms with E-state index in [2.05, 4.69) is 19.2 Å². The van der Waals surface area contributed by atoms with Gasteiger partial charge in [-0.05, 0) is 38.0 Å². The average molecular weight is 237 g/mol. The molecule has 96 valence electrons. The summed E-state index contributed by atoms with van der Waals surface area (Å²) in [7, 11) is 0. The molecule has 1 N–H and O–H groups in total. The highest BCUT2D eigenvalue weighted by Crippen LogP contribution is 2.18. The highest BCUT2D eigenvalue weighted by molar-refractivity contribution is 5.51. The first kappa shape index (κ1) is 14.0. The summed E-state index contributed by atoms with van der Waals surface area (Å²) < 4.78 is 13.1. The number of aryl methyl sites for hydroxylation is 1. The molecule has 0 saturated carbocycles. The number of benzene rings is 1. The highest BCUT2D eigenvalue weighted by Gasteiger charge is 2.05. The standard InChI is InChI=1S/C15H24FN/c1-4-5-6-7-8-13(3)17-15-11-14(16)10-9-12(15)2/h9-11,13,17H,4-8H2,1-3H3. The second-order valence-electron chi connectivity index (χ2n) is 4.85. The van der Waals surface area contributed by atoms with Gasteiger partial charge in [0.25, 0.3) is 0 Å². The van der Waals surface area contributed by atoms with Gasteiger partial charge in [-0.15, -0.1) is 0 Å². The fourth-order valence-electron chi connectivity index (χ4n) is 1.96. The second kappa shape index (κ2) is 7.31. The third-order valence-electron chi connectivity index (χ3n) is 3.09. The molecule has 0 spiro atoms. The molecule has 1 rings (SSSR count). The van der Waals surface area contributed by atoms with E-state index < -0.39 is 0 Å². The predicted octanol–water partition coefficient (Wildman–Crippen LogP) is 4.90. The van der Waals surface area contributed by atoms with Crippen LogP contribution in [0.2, 0.25) is 0 Å². The normalized spacial score (nSPS) is 12.5. The summed E-state index contributed by atoms with van der Waals surface area (Å²) in [5.41, 5.74) is 2.03. The number of halogens is 1. The Morgan fingerprint density at radius 1 is 1.24 bits per heavy atom. The maximum Gasteiger partial charge on any atom is 0.125 e. The van der Waals surface area contributed by atoms with Gasteiger partial charge in [0.2, 0.25) is 0 Å². The molecule has 0 fully saturated rings. The van der Waals surface area contributed by atoms with Crippen LogP contribution in [0.25, 0.3) is 0 Å². The first-order chi connectivity index (χ1) is 8.13. The van der Waals surface area contributed by atoms with Crippen molar-refractivity contribution in [1.29, 1.82) is 0 Å². The molecule has 1 aromatic rings. The first-order valence-corrected chi connectivity index (χ1v) is 6.66. The van der Waals surface area contributed by atoms with Crippen molar-refractivity contribution in [2.24, 2.45) is 0 Å². The smallest absolute Gasteiger partial charge is 0.125 e. The Morgan fingerprint density at radius 2 is 2.00 bits per heavy atom. The molecule has 1 nitrogen and oxygen atoms in total. The Balaban J connectivity index is 2.39. The van der Waals surface area contributed by atoms with Gasteiger partial charge in [0.1, 0.15) is 5.82 Å². The molecule has 0 radical (unpaired) electrons. The number of unbranched alkanes of at least 4 members (excludes halogenated alkanes) is 3. The lowest BCUT2D eigenvalue weighted by atomic mass is 10.1. The molecule has 0 aromatic heterocycles. The van der Waals surface area contributed by atoms with Crippen LogP contribution in [-0.2, 0) is 0 Å². The largest absolute Gasteiger partial charge is 0.382 e. The van der Waals surface area contributed by atoms with Gasteiger partial charge < -0.3 is 5.32 Å². The minimum absolute atomic E-state index is 0.170. The summed E-state index contributed by atoms with van der Waals surface area (Å²) in [6.07, 6.45) is 6.27. The van der Waals surface area contributed by atoms with E-state index in [0.29, 0.717) is 6.04 Å². The van der Waals surface area contributed by atoms with Crippen molar-refractivity contribution in [2.75, 3.05) is 5.32 Å². The van der Waals surface area contributed by atoms with E-state index >= 15 is 0 Å². The fraction of sp³-hybridized carbons (Fsp3) is 0.600. The molecule has 1 unspecified atom stereocenters. The molecule has 1 aromatic carbocycles. The first-order valence-electron chi connectivity index (χ1n) is 6.66. The van der Waals surface area contributed by atoms with Crippen molar-refractivity contribution in [3.8, 4) is 0 Å². The summed E-state index contributed by atoms with van der Waals surface area (Å²) in [5, 5.41) is 3.39. The number of nitrogens with one attached hydrogen (secondary N) is 1. The van der Waals surface area contributed by atoms with Gasteiger partial charge in [-0.1, -0.05) is 38.7 Å². The van der Waals surface area contributed by atoms with Crippen molar-refractivity contribution < 1.29 is 4.39 Å². The van der Waals surface area contributed by atoms with Crippen LogP contribution >= 0.6 is 0 Å². The fourth-order valence-corrected chi connectivity index (χ4v) is 1.96. The van der Waals surface area contributed by atoms with Crippen LogP contribution in [0.4, 0.5) is 10.1 Å². The Kier molecular flexibility index (Phi) is 6.03. The zero-order valence-electron chi connectivity index (χ0n) is 11.2. The van der Waals surface area contributed by atoms with Crippen molar-refractivity contribution in [3.63, 3.8) is 0 Å².